The molecule has 0 bridgehead atoms. The van der Waals surface area contributed by atoms with E-state index >= 15 is 0 Å². The Bertz CT molecular complexity index is 520. The normalized spacial score (nSPS) is 10.4. The molecule has 0 aliphatic carbocycles. The minimum atomic E-state index is 0.432. The first kappa shape index (κ1) is 13.2. The van der Waals surface area contributed by atoms with Gasteiger partial charge in [0.2, 0.25) is 0 Å². The molecule has 0 spiro atoms. The van der Waals surface area contributed by atoms with Crippen LogP contribution in [0.25, 0.3) is 0 Å². The van der Waals surface area contributed by atoms with E-state index in [1.165, 1.54) is 0 Å². The number of halogens is 2. The Kier molecular flexibility index (Phi) is 4.15. The Morgan fingerprint density at radius 2 is 2.00 bits per heavy atom. The third-order valence-corrected chi connectivity index (χ3v) is 3.44. The van der Waals surface area contributed by atoms with Gasteiger partial charge in [-0.1, -0.05) is 33.6 Å². The van der Waals surface area contributed by atoms with Crippen molar-refractivity contribution in [2.24, 2.45) is 0 Å². The lowest BCUT2D eigenvalue weighted by Crippen LogP contribution is -1.98. The number of benzene rings is 2. The average molecular weight is 327 g/mol. The van der Waals surface area contributed by atoms with Gasteiger partial charge in [-0.3, -0.25) is 0 Å². The summed E-state index contributed by atoms with van der Waals surface area (Å²) in [4.78, 5) is 0. The topological polar surface area (TPSA) is 35.2 Å². The molecular weight excluding hydrogens is 314 g/mol. The van der Waals surface area contributed by atoms with E-state index in [0.717, 1.165) is 21.3 Å². The molecule has 4 heteroatoms. The summed E-state index contributed by atoms with van der Waals surface area (Å²) in [5.74, 6) is 0.853. The third kappa shape index (κ3) is 3.18. The minimum absolute atomic E-state index is 0.432. The summed E-state index contributed by atoms with van der Waals surface area (Å²) < 4.78 is 6.79. The molecule has 0 atom stereocenters. The number of rotatable bonds is 3. The highest BCUT2D eigenvalue weighted by Gasteiger charge is 2.04. The van der Waals surface area contributed by atoms with Gasteiger partial charge < -0.3 is 10.5 Å². The maximum Gasteiger partial charge on any atom is 0.122 e. The van der Waals surface area contributed by atoms with E-state index in [4.69, 9.17) is 22.1 Å². The number of aryl methyl sites for hydroxylation is 1. The lowest BCUT2D eigenvalue weighted by molar-refractivity contribution is 0.304. The van der Waals surface area contributed by atoms with Crippen molar-refractivity contribution in [2.75, 3.05) is 5.73 Å². The van der Waals surface area contributed by atoms with Crippen LogP contribution in [0.3, 0.4) is 0 Å². The minimum Gasteiger partial charge on any atom is -0.489 e. The molecule has 2 aromatic rings. The second-order valence-electron chi connectivity index (χ2n) is 4.05. The van der Waals surface area contributed by atoms with Crippen LogP contribution in [0.4, 0.5) is 5.69 Å². The largest absolute Gasteiger partial charge is 0.489 e. The molecule has 0 fully saturated rings. The summed E-state index contributed by atoms with van der Waals surface area (Å²) in [6.07, 6.45) is 0. The van der Waals surface area contributed by atoms with Crippen molar-refractivity contribution in [2.45, 2.75) is 13.5 Å². The molecule has 2 N–H and O–H groups in total. The highest BCUT2D eigenvalue weighted by atomic mass is 79.9. The van der Waals surface area contributed by atoms with Gasteiger partial charge in [0.25, 0.3) is 0 Å². The number of ether oxygens (including phenoxy) is 1. The zero-order valence-electron chi connectivity index (χ0n) is 9.91. The summed E-state index contributed by atoms with van der Waals surface area (Å²) in [7, 11) is 0. The SMILES string of the molecule is Cc1cc(Br)ccc1OCc1ccc(N)cc1Cl. The van der Waals surface area contributed by atoms with Crippen LogP contribution in [0.2, 0.25) is 5.02 Å². The maximum absolute atomic E-state index is 6.09. The lowest BCUT2D eigenvalue weighted by atomic mass is 10.2. The monoisotopic (exact) mass is 325 g/mol. The summed E-state index contributed by atoms with van der Waals surface area (Å²) >= 11 is 9.51. The fourth-order valence-corrected chi connectivity index (χ4v) is 2.33. The van der Waals surface area contributed by atoms with Crippen molar-refractivity contribution in [3.8, 4) is 5.75 Å². The quantitative estimate of drug-likeness (QED) is 0.838. The molecule has 0 aliphatic rings. The Morgan fingerprint density at radius 3 is 2.67 bits per heavy atom. The Labute approximate surface area is 120 Å². The van der Waals surface area contributed by atoms with Crippen molar-refractivity contribution in [3.05, 3.63) is 57.0 Å². The molecule has 0 saturated carbocycles. The number of anilines is 1. The van der Waals surface area contributed by atoms with Crippen LogP contribution in [0.1, 0.15) is 11.1 Å². The molecule has 0 unspecified atom stereocenters. The maximum atomic E-state index is 6.09. The van der Waals surface area contributed by atoms with Gasteiger partial charge in [-0.25, -0.2) is 0 Å². The molecule has 2 nitrogen and oxygen atoms in total. The second-order valence-corrected chi connectivity index (χ2v) is 5.37. The van der Waals surface area contributed by atoms with E-state index in [2.05, 4.69) is 15.9 Å². The van der Waals surface area contributed by atoms with Crippen molar-refractivity contribution in [3.63, 3.8) is 0 Å². The van der Waals surface area contributed by atoms with Gasteiger partial charge in [-0.15, -0.1) is 0 Å². The first-order valence-electron chi connectivity index (χ1n) is 5.49. The molecule has 18 heavy (non-hydrogen) atoms. The Balaban J connectivity index is 2.11. The van der Waals surface area contributed by atoms with Gasteiger partial charge in [0.05, 0.1) is 0 Å². The highest BCUT2D eigenvalue weighted by Crippen LogP contribution is 2.25. The Hall–Kier alpha value is -1.19. The van der Waals surface area contributed by atoms with Crippen molar-refractivity contribution < 1.29 is 4.74 Å². The van der Waals surface area contributed by atoms with Crippen LogP contribution in [0.15, 0.2) is 40.9 Å². The average Bonchev–Trinajstić information content (AvgIpc) is 2.30. The van der Waals surface area contributed by atoms with E-state index < -0.39 is 0 Å². The molecule has 0 aliphatic heterocycles. The molecule has 0 amide bonds. The number of nitrogen functional groups attached to an aromatic ring is 1. The first-order chi connectivity index (χ1) is 8.56. The molecule has 0 radical (unpaired) electrons. The van der Waals surface area contributed by atoms with Gasteiger partial charge in [0, 0.05) is 20.7 Å². The van der Waals surface area contributed by atoms with E-state index in [9.17, 15) is 0 Å². The zero-order valence-corrected chi connectivity index (χ0v) is 12.3. The van der Waals surface area contributed by atoms with Gasteiger partial charge in [0.15, 0.2) is 0 Å². The van der Waals surface area contributed by atoms with E-state index in [0.29, 0.717) is 17.3 Å². The van der Waals surface area contributed by atoms with Crippen LogP contribution in [0.5, 0.6) is 5.75 Å². The van der Waals surface area contributed by atoms with Crippen LogP contribution in [-0.4, -0.2) is 0 Å². The number of hydrogen-bond donors (Lipinski definition) is 1. The molecular formula is C14H13BrClNO. The summed E-state index contributed by atoms with van der Waals surface area (Å²) in [5.41, 5.74) is 8.30. The van der Waals surface area contributed by atoms with Crippen molar-refractivity contribution >= 4 is 33.2 Å². The predicted molar refractivity (Wildman–Crippen MR) is 79.1 cm³/mol. The van der Waals surface area contributed by atoms with Gasteiger partial charge in [0.1, 0.15) is 12.4 Å². The fraction of sp³-hybridized carbons (Fsp3) is 0.143. The third-order valence-electron chi connectivity index (χ3n) is 2.60. The molecule has 2 aromatic carbocycles. The second kappa shape index (κ2) is 5.63. The standard InChI is InChI=1S/C14H13BrClNO/c1-9-6-11(15)3-5-14(9)18-8-10-2-4-12(17)7-13(10)16/h2-7H,8,17H2,1H3. The predicted octanol–water partition coefficient (Wildman–Crippen LogP) is 4.57. The van der Waals surface area contributed by atoms with Crippen LogP contribution < -0.4 is 10.5 Å². The highest BCUT2D eigenvalue weighted by molar-refractivity contribution is 9.10. The molecule has 2 rings (SSSR count). The van der Waals surface area contributed by atoms with Crippen molar-refractivity contribution in [1.29, 1.82) is 0 Å². The number of nitrogens with two attached hydrogens (primary N) is 1. The van der Waals surface area contributed by atoms with Gasteiger partial charge in [-0.2, -0.15) is 0 Å². The zero-order chi connectivity index (χ0) is 13.1. The van der Waals surface area contributed by atoms with Gasteiger partial charge in [-0.05, 0) is 42.8 Å². The van der Waals surface area contributed by atoms with E-state index in [1.807, 2.05) is 37.3 Å². The molecule has 0 aromatic heterocycles. The van der Waals surface area contributed by atoms with Crippen molar-refractivity contribution in [1.82, 2.24) is 0 Å². The number of hydrogen-bond acceptors (Lipinski definition) is 2. The smallest absolute Gasteiger partial charge is 0.122 e. The molecule has 0 saturated heterocycles. The van der Waals surface area contributed by atoms with Crippen LogP contribution in [-0.2, 0) is 6.61 Å². The van der Waals surface area contributed by atoms with E-state index in [-0.39, 0.29) is 0 Å². The lowest BCUT2D eigenvalue weighted by Gasteiger charge is -2.10. The van der Waals surface area contributed by atoms with Crippen LogP contribution >= 0.6 is 27.5 Å². The van der Waals surface area contributed by atoms with Gasteiger partial charge >= 0.3 is 0 Å². The van der Waals surface area contributed by atoms with E-state index in [1.54, 1.807) is 6.07 Å². The Morgan fingerprint density at radius 1 is 1.22 bits per heavy atom. The molecule has 94 valence electrons. The summed E-state index contributed by atoms with van der Waals surface area (Å²) in [6, 6.07) is 11.3. The first-order valence-corrected chi connectivity index (χ1v) is 6.66. The molecule has 0 heterocycles. The van der Waals surface area contributed by atoms with Crippen LogP contribution in [0, 0.1) is 6.92 Å². The summed E-state index contributed by atoms with van der Waals surface area (Å²) in [6.45, 7) is 2.44. The fourth-order valence-electron chi connectivity index (χ4n) is 1.61. The summed E-state index contributed by atoms with van der Waals surface area (Å²) in [5, 5.41) is 0.629.